The van der Waals surface area contributed by atoms with Crippen LogP contribution in [0, 0.1) is 0 Å². The van der Waals surface area contributed by atoms with Gasteiger partial charge >= 0.3 is 6.09 Å². The molecule has 12 nitrogen and oxygen atoms in total. The number of aryl methyl sites for hydroxylation is 1. The molecule has 3 heterocycles. The predicted molar refractivity (Wildman–Crippen MR) is 153 cm³/mol. The molecule has 1 fully saturated rings. The lowest BCUT2D eigenvalue weighted by Gasteiger charge is -2.24. The third kappa shape index (κ3) is 6.06. The van der Waals surface area contributed by atoms with Crippen LogP contribution in [0.2, 0.25) is 10.0 Å². The maximum Gasteiger partial charge on any atom is 0.407 e. The molecule has 2 atom stereocenters. The van der Waals surface area contributed by atoms with Crippen LogP contribution in [-0.4, -0.2) is 72.5 Å². The molecule has 0 saturated carbocycles. The highest BCUT2D eigenvalue weighted by Gasteiger charge is 2.40. The van der Waals surface area contributed by atoms with Gasteiger partial charge < -0.3 is 24.8 Å². The second-order valence-electron chi connectivity index (χ2n) is 10.3. The number of hydrogen-bond acceptors (Lipinski definition) is 10. The van der Waals surface area contributed by atoms with Gasteiger partial charge in [0.05, 0.1) is 53.4 Å². The van der Waals surface area contributed by atoms with E-state index in [1.54, 1.807) is 26.8 Å². The Labute approximate surface area is 240 Å². The first-order valence-electron chi connectivity index (χ1n) is 12.1. The van der Waals surface area contributed by atoms with Gasteiger partial charge in [-0.25, -0.2) is 18.2 Å². The zero-order chi connectivity index (χ0) is 29.6. The summed E-state index contributed by atoms with van der Waals surface area (Å²) in [5, 5.41) is 6.35. The van der Waals surface area contributed by atoms with Crippen molar-refractivity contribution in [3.63, 3.8) is 0 Å². The van der Waals surface area contributed by atoms with Crippen LogP contribution in [0.4, 0.5) is 10.7 Å². The molecule has 2 unspecified atom stereocenters. The summed E-state index contributed by atoms with van der Waals surface area (Å²) in [6.45, 7) is 5.12. The lowest BCUT2D eigenvalue weighted by molar-refractivity contribution is 0.0507. The maximum absolute atomic E-state index is 13.5. The van der Waals surface area contributed by atoms with E-state index in [4.69, 9.17) is 37.4 Å². The number of aromatic nitrogens is 3. The molecule has 0 spiro atoms. The Hall–Kier alpha value is -3.29. The Morgan fingerprint density at radius 2 is 1.68 bits per heavy atom. The standard InChI is InChI=1S/C25H29Cl2N5O7S/c1-25(2,3)39-24(34)30-15-11-40(35,36)10-14(15)29-23-28-9-12-7-13(22(33)32(4)21(12)31-23)18-19(26)16(37-5)8-17(38-6)20(18)27/h7-9,14-15H,10-11H2,1-6H3,(H,30,34)(H,28,29,31). The minimum Gasteiger partial charge on any atom is -0.495 e. The second kappa shape index (κ2) is 10.9. The molecule has 15 heteroatoms. The number of pyridine rings is 1. The Morgan fingerprint density at radius 3 is 2.25 bits per heavy atom. The molecule has 3 aromatic rings. The summed E-state index contributed by atoms with van der Waals surface area (Å²) in [7, 11) is 0.934. The Morgan fingerprint density at radius 1 is 1.07 bits per heavy atom. The molecule has 0 bridgehead atoms. The number of fused-ring (bicyclic) bond motifs is 1. The van der Waals surface area contributed by atoms with Gasteiger partial charge in [0, 0.05) is 30.3 Å². The number of carbonyl (C=O) groups excluding carboxylic acids is 1. The van der Waals surface area contributed by atoms with Crippen molar-refractivity contribution in [1.82, 2.24) is 19.9 Å². The fraction of sp³-hybridized carbons (Fsp3) is 0.440. The highest BCUT2D eigenvalue weighted by molar-refractivity contribution is 7.91. The van der Waals surface area contributed by atoms with E-state index in [1.807, 2.05) is 0 Å². The molecule has 2 N–H and O–H groups in total. The minimum absolute atomic E-state index is 0.0763. The number of carbonyl (C=O) groups is 1. The van der Waals surface area contributed by atoms with Crippen molar-refractivity contribution in [2.45, 2.75) is 38.5 Å². The van der Waals surface area contributed by atoms with E-state index in [0.717, 1.165) is 0 Å². The van der Waals surface area contributed by atoms with Gasteiger partial charge in [0.2, 0.25) is 5.95 Å². The highest BCUT2D eigenvalue weighted by atomic mass is 35.5. The average Bonchev–Trinajstić information content (AvgIpc) is 3.13. The molecule has 216 valence electrons. The predicted octanol–water partition coefficient (Wildman–Crippen LogP) is 3.42. The minimum atomic E-state index is -3.46. The van der Waals surface area contributed by atoms with Gasteiger partial charge in [0.25, 0.3) is 5.56 Å². The molecule has 1 aromatic carbocycles. The van der Waals surface area contributed by atoms with Gasteiger partial charge in [-0.05, 0) is 26.8 Å². The Kier molecular flexibility index (Phi) is 8.12. The molecule has 1 amide bonds. The maximum atomic E-state index is 13.5. The number of hydrogen-bond donors (Lipinski definition) is 2. The van der Waals surface area contributed by atoms with Crippen LogP contribution in [0.15, 0.2) is 23.1 Å². The molecule has 0 aliphatic carbocycles. The topological polar surface area (TPSA) is 151 Å². The Bertz CT molecular complexity index is 1630. The van der Waals surface area contributed by atoms with Crippen molar-refractivity contribution >= 4 is 56.1 Å². The van der Waals surface area contributed by atoms with Crippen LogP contribution >= 0.6 is 23.2 Å². The van der Waals surface area contributed by atoms with Gasteiger partial charge in [-0.2, -0.15) is 4.98 Å². The zero-order valence-corrected chi connectivity index (χ0v) is 25.0. The van der Waals surface area contributed by atoms with Gasteiger partial charge in [-0.15, -0.1) is 0 Å². The molecule has 4 rings (SSSR count). The van der Waals surface area contributed by atoms with Gasteiger partial charge in [-0.1, -0.05) is 23.2 Å². The molecule has 2 aromatic heterocycles. The van der Waals surface area contributed by atoms with E-state index < -0.39 is 39.2 Å². The SMILES string of the molecule is COc1cc(OC)c(Cl)c(-c2cc3cnc(NC4CS(=O)(=O)CC4NC(=O)OC(C)(C)C)nc3n(C)c2=O)c1Cl. The number of halogens is 2. The molecule has 1 saturated heterocycles. The fourth-order valence-corrected chi connectivity index (χ4v) is 6.94. The van der Waals surface area contributed by atoms with Gasteiger partial charge in [-0.3, -0.25) is 9.36 Å². The third-order valence-electron chi connectivity index (χ3n) is 6.16. The van der Waals surface area contributed by atoms with Crippen molar-refractivity contribution in [1.29, 1.82) is 0 Å². The number of methoxy groups -OCH3 is 2. The number of anilines is 1. The molecular weight excluding hydrogens is 585 g/mol. The normalized spacial score (nSPS) is 18.4. The molecule has 0 radical (unpaired) electrons. The monoisotopic (exact) mass is 613 g/mol. The van der Waals surface area contributed by atoms with E-state index in [2.05, 4.69) is 20.6 Å². The number of benzene rings is 1. The van der Waals surface area contributed by atoms with E-state index >= 15 is 0 Å². The molecular formula is C25H29Cl2N5O7S. The number of sulfone groups is 1. The fourth-order valence-electron chi connectivity index (χ4n) is 4.37. The van der Waals surface area contributed by atoms with E-state index in [-0.39, 0.29) is 55.8 Å². The molecule has 1 aliphatic heterocycles. The number of rotatable bonds is 6. The third-order valence-corrected chi connectivity index (χ3v) is 8.65. The first kappa shape index (κ1) is 29.7. The molecule has 1 aliphatic rings. The first-order chi connectivity index (χ1) is 18.6. The van der Waals surface area contributed by atoms with E-state index in [9.17, 15) is 18.0 Å². The number of nitrogens with one attached hydrogen (secondary N) is 2. The summed E-state index contributed by atoms with van der Waals surface area (Å²) >= 11 is 13.1. The van der Waals surface area contributed by atoms with Crippen molar-refractivity contribution in [2.24, 2.45) is 7.05 Å². The molecule has 40 heavy (non-hydrogen) atoms. The highest BCUT2D eigenvalue weighted by Crippen LogP contribution is 2.45. The van der Waals surface area contributed by atoms with Crippen LogP contribution in [0.1, 0.15) is 20.8 Å². The van der Waals surface area contributed by atoms with E-state index in [1.165, 1.54) is 38.1 Å². The van der Waals surface area contributed by atoms with Crippen LogP contribution in [0.3, 0.4) is 0 Å². The smallest absolute Gasteiger partial charge is 0.407 e. The van der Waals surface area contributed by atoms with Gasteiger partial charge in [0.15, 0.2) is 9.84 Å². The summed E-state index contributed by atoms with van der Waals surface area (Å²) in [5.74, 6) is 0.105. The summed E-state index contributed by atoms with van der Waals surface area (Å²) in [6.07, 6.45) is 0.745. The van der Waals surface area contributed by atoms with Gasteiger partial charge in [0.1, 0.15) is 22.7 Å². The van der Waals surface area contributed by atoms with Crippen molar-refractivity contribution < 1.29 is 27.4 Å². The lowest BCUT2D eigenvalue weighted by atomic mass is 10.0. The largest absolute Gasteiger partial charge is 0.495 e. The summed E-state index contributed by atoms with van der Waals surface area (Å²) < 4.78 is 42.0. The average molecular weight is 615 g/mol. The quantitative estimate of drug-likeness (QED) is 0.423. The van der Waals surface area contributed by atoms with Crippen LogP contribution in [-0.2, 0) is 21.6 Å². The summed E-state index contributed by atoms with van der Waals surface area (Å²) in [6, 6.07) is 1.57. The van der Waals surface area contributed by atoms with E-state index in [0.29, 0.717) is 5.39 Å². The van der Waals surface area contributed by atoms with Crippen LogP contribution < -0.4 is 25.7 Å². The van der Waals surface area contributed by atoms with Crippen molar-refractivity contribution in [3.05, 3.63) is 38.7 Å². The number of nitrogens with zero attached hydrogens (tertiary/aromatic N) is 3. The lowest BCUT2D eigenvalue weighted by Crippen LogP contribution is -2.47. The van der Waals surface area contributed by atoms with Crippen molar-refractivity contribution in [2.75, 3.05) is 31.0 Å². The number of alkyl carbamates (subject to hydrolysis) is 1. The van der Waals surface area contributed by atoms with Crippen LogP contribution in [0.5, 0.6) is 11.5 Å². The summed E-state index contributed by atoms with van der Waals surface area (Å²) in [5.41, 5.74) is -0.526. The summed E-state index contributed by atoms with van der Waals surface area (Å²) in [4.78, 5) is 34.5. The number of ether oxygens (including phenoxy) is 3. The Balaban J connectivity index is 1.70. The number of amides is 1. The zero-order valence-electron chi connectivity index (χ0n) is 22.7. The first-order valence-corrected chi connectivity index (χ1v) is 14.7. The van der Waals surface area contributed by atoms with Crippen molar-refractivity contribution in [3.8, 4) is 22.6 Å². The van der Waals surface area contributed by atoms with Crippen LogP contribution in [0.25, 0.3) is 22.2 Å². The second-order valence-corrected chi connectivity index (χ2v) is 13.2.